The van der Waals surface area contributed by atoms with Crippen molar-refractivity contribution in [3.05, 3.63) is 12.2 Å². The van der Waals surface area contributed by atoms with E-state index in [1.165, 1.54) is 6.33 Å². The first kappa shape index (κ1) is 14.4. The highest BCUT2D eigenvalue weighted by Gasteiger charge is 2.35. The number of aromatic amines is 2. The van der Waals surface area contributed by atoms with Gasteiger partial charge in [0, 0.05) is 6.54 Å². The summed E-state index contributed by atoms with van der Waals surface area (Å²) in [5, 5.41) is 8.50. The van der Waals surface area contributed by atoms with Crippen molar-refractivity contribution in [2.45, 2.75) is 32.4 Å². The van der Waals surface area contributed by atoms with Crippen molar-refractivity contribution < 1.29 is 13.2 Å². The number of hydrogen-bond donors (Lipinski definition) is 3. The Bertz CT molecular complexity index is 544. The average Bonchev–Trinajstić information content (AvgIpc) is 3.02. The summed E-state index contributed by atoms with van der Waals surface area (Å²) in [5.41, 5.74) is 0.341. The Morgan fingerprint density at radius 3 is 2.75 bits per heavy atom. The molecule has 0 amide bonds. The Morgan fingerprint density at radius 2 is 2.10 bits per heavy atom. The summed E-state index contributed by atoms with van der Waals surface area (Å²) in [5.74, 6) is -0.735. The third-order valence-electron chi connectivity index (χ3n) is 2.69. The molecule has 0 atom stereocenters. The Hall–Kier alpha value is -2.06. The van der Waals surface area contributed by atoms with Gasteiger partial charge < -0.3 is 10.3 Å². The van der Waals surface area contributed by atoms with E-state index in [-0.39, 0.29) is 5.82 Å². The van der Waals surface area contributed by atoms with E-state index in [4.69, 9.17) is 0 Å². The molecule has 0 aliphatic rings. The molecule has 0 bridgehead atoms. The molecule has 3 N–H and O–H groups in total. The van der Waals surface area contributed by atoms with Crippen LogP contribution in [-0.4, -0.2) is 31.7 Å². The highest BCUT2D eigenvalue weighted by atomic mass is 19.4. The van der Waals surface area contributed by atoms with Gasteiger partial charge in [-0.05, 0) is 6.42 Å². The van der Waals surface area contributed by atoms with E-state index in [1.807, 2.05) is 5.10 Å². The third kappa shape index (κ3) is 3.28. The predicted octanol–water partition coefficient (Wildman–Crippen LogP) is 2.82. The van der Waals surface area contributed by atoms with Gasteiger partial charge in [0.25, 0.3) is 0 Å². The van der Waals surface area contributed by atoms with Crippen molar-refractivity contribution in [3.63, 3.8) is 0 Å². The fraction of sp³-hybridized carbons (Fsp3) is 0.545. The molecule has 110 valence electrons. The van der Waals surface area contributed by atoms with E-state index in [2.05, 4.69) is 32.3 Å². The zero-order valence-electron chi connectivity index (χ0n) is 10.9. The number of aromatic nitrogens is 5. The first-order valence-electron chi connectivity index (χ1n) is 6.29. The molecule has 0 saturated carbocycles. The maximum absolute atomic E-state index is 12.5. The van der Waals surface area contributed by atoms with Gasteiger partial charge in [-0.25, -0.2) is 9.97 Å². The number of hydrogen-bond acceptors (Lipinski definition) is 4. The van der Waals surface area contributed by atoms with Gasteiger partial charge in [0.1, 0.15) is 5.69 Å². The van der Waals surface area contributed by atoms with Crippen LogP contribution in [0, 0.1) is 0 Å². The third-order valence-corrected chi connectivity index (χ3v) is 2.69. The van der Waals surface area contributed by atoms with Gasteiger partial charge in [-0.3, -0.25) is 5.10 Å². The minimum absolute atomic E-state index is 0.0622. The van der Waals surface area contributed by atoms with Crippen LogP contribution in [0.4, 0.5) is 19.0 Å². The summed E-state index contributed by atoms with van der Waals surface area (Å²) >= 11 is 0. The lowest BCUT2D eigenvalue weighted by Crippen LogP contribution is -2.07. The number of rotatable bonds is 6. The fourth-order valence-corrected chi connectivity index (χ4v) is 1.68. The van der Waals surface area contributed by atoms with E-state index in [0.29, 0.717) is 18.1 Å². The van der Waals surface area contributed by atoms with Crippen LogP contribution in [0.25, 0.3) is 11.5 Å². The van der Waals surface area contributed by atoms with E-state index >= 15 is 0 Å². The molecule has 9 heteroatoms. The number of anilines is 1. The number of nitrogens with one attached hydrogen (secondary N) is 3. The van der Waals surface area contributed by atoms with Gasteiger partial charge in [0.05, 0.1) is 6.33 Å². The second kappa shape index (κ2) is 5.93. The molecule has 2 heterocycles. The first-order chi connectivity index (χ1) is 9.52. The van der Waals surface area contributed by atoms with Crippen LogP contribution in [0.15, 0.2) is 6.33 Å². The number of halogens is 3. The molecule has 0 radical (unpaired) electrons. The zero-order valence-corrected chi connectivity index (χ0v) is 10.9. The molecule has 20 heavy (non-hydrogen) atoms. The Balaban J connectivity index is 2.09. The summed E-state index contributed by atoms with van der Waals surface area (Å²) in [6, 6.07) is 0. The number of imidazole rings is 1. The van der Waals surface area contributed by atoms with E-state index < -0.39 is 12.0 Å². The zero-order chi connectivity index (χ0) is 14.6. The van der Waals surface area contributed by atoms with Crippen LogP contribution in [0.3, 0.4) is 0 Å². The molecule has 0 aromatic carbocycles. The predicted molar refractivity (Wildman–Crippen MR) is 67.0 cm³/mol. The summed E-state index contributed by atoms with van der Waals surface area (Å²) < 4.78 is 37.4. The molecule has 0 aliphatic carbocycles. The summed E-state index contributed by atoms with van der Waals surface area (Å²) in [7, 11) is 0. The molecular weight excluding hydrogens is 273 g/mol. The molecule has 0 fully saturated rings. The van der Waals surface area contributed by atoms with Crippen LogP contribution in [0.1, 0.15) is 32.0 Å². The van der Waals surface area contributed by atoms with Gasteiger partial charge in [0.2, 0.25) is 11.6 Å². The van der Waals surface area contributed by atoms with Crippen LogP contribution >= 0.6 is 0 Å². The average molecular weight is 288 g/mol. The molecule has 0 aliphatic heterocycles. The molecule has 2 aromatic rings. The van der Waals surface area contributed by atoms with Crippen molar-refractivity contribution in [3.8, 4) is 11.5 Å². The quantitative estimate of drug-likeness (QED) is 0.714. The molecular formula is C11H15F3N6. The summed E-state index contributed by atoms with van der Waals surface area (Å²) in [6.07, 6.45) is -0.0255. The van der Waals surface area contributed by atoms with Gasteiger partial charge in [-0.15, -0.1) is 0 Å². The minimum atomic E-state index is -4.54. The highest BCUT2D eigenvalue weighted by Crippen LogP contribution is 2.28. The van der Waals surface area contributed by atoms with Gasteiger partial charge in [-0.2, -0.15) is 18.3 Å². The van der Waals surface area contributed by atoms with Crippen LogP contribution in [0.2, 0.25) is 0 Å². The maximum atomic E-state index is 12.5. The lowest BCUT2D eigenvalue weighted by molar-refractivity contribution is -0.144. The Labute approximate surface area is 113 Å². The summed E-state index contributed by atoms with van der Waals surface area (Å²) in [6.45, 7) is 2.79. The molecule has 0 saturated heterocycles. The van der Waals surface area contributed by atoms with Crippen molar-refractivity contribution in [2.24, 2.45) is 0 Å². The number of nitrogens with zero attached hydrogens (tertiary/aromatic N) is 3. The van der Waals surface area contributed by atoms with Gasteiger partial charge >= 0.3 is 6.18 Å². The molecule has 2 aromatic heterocycles. The largest absolute Gasteiger partial charge is 0.451 e. The van der Waals surface area contributed by atoms with Crippen LogP contribution in [0.5, 0.6) is 0 Å². The molecule has 0 spiro atoms. The van der Waals surface area contributed by atoms with Crippen LogP contribution in [-0.2, 0) is 6.18 Å². The Morgan fingerprint density at radius 1 is 1.30 bits per heavy atom. The lowest BCUT2D eigenvalue weighted by Gasteiger charge is -2.03. The second-order valence-corrected chi connectivity index (χ2v) is 4.27. The second-order valence-electron chi connectivity index (χ2n) is 4.27. The van der Waals surface area contributed by atoms with E-state index in [0.717, 1.165) is 19.3 Å². The van der Waals surface area contributed by atoms with Crippen molar-refractivity contribution in [1.29, 1.82) is 0 Å². The monoisotopic (exact) mass is 288 g/mol. The van der Waals surface area contributed by atoms with Crippen LogP contribution < -0.4 is 5.32 Å². The van der Waals surface area contributed by atoms with Gasteiger partial charge in [-0.1, -0.05) is 19.8 Å². The minimum Gasteiger partial charge on any atom is -0.368 e. The number of H-pyrrole nitrogens is 2. The normalized spacial score (nSPS) is 11.8. The van der Waals surface area contributed by atoms with Gasteiger partial charge in [0.15, 0.2) is 5.82 Å². The smallest absolute Gasteiger partial charge is 0.368 e. The van der Waals surface area contributed by atoms with E-state index in [1.54, 1.807) is 0 Å². The fourth-order valence-electron chi connectivity index (χ4n) is 1.68. The van der Waals surface area contributed by atoms with Crippen molar-refractivity contribution >= 4 is 5.82 Å². The molecule has 6 nitrogen and oxygen atoms in total. The van der Waals surface area contributed by atoms with Crippen molar-refractivity contribution in [1.82, 2.24) is 25.1 Å². The first-order valence-corrected chi connectivity index (χ1v) is 6.29. The molecule has 0 unspecified atom stereocenters. The SMILES string of the molecule is CCCCCNc1nc[nH]c1-c1n[nH]c(C(F)(F)F)n1. The lowest BCUT2D eigenvalue weighted by atomic mass is 10.2. The molecule has 2 rings (SSSR count). The van der Waals surface area contributed by atoms with E-state index in [9.17, 15) is 13.2 Å². The number of unbranched alkanes of at least 4 members (excludes halogenated alkanes) is 2. The number of alkyl halides is 3. The maximum Gasteiger partial charge on any atom is 0.451 e. The van der Waals surface area contributed by atoms with Crippen molar-refractivity contribution in [2.75, 3.05) is 11.9 Å². The highest BCUT2D eigenvalue weighted by molar-refractivity contribution is 5.65. The topological polar surface area (TPSA) is 82.3 Å². The standard InChI is InChI=1S/C11H15F3N6/c1-2-3-4-5-15-8-7(16-6-17-8)9-18-10(20-19-9)11(12,13)14/h6,15H,2-5H2,1H3,(H,16,17)(H,18,19,20). The summed E-state index contributed by atoms with van der Waals surface area (Å²) in [4.78, 5) is 10.2. The Kier molecular flexibility index (Phi) is 4.26.